The minimum Gasteiger partial charge on any atom is -0.369 e. The van der Waals surface area contributed by atoms with Crippen LogP contribution >= 0.6 is 0 Å². The van der Waals surface area contributed by atoms with Gasteiger partial charge in [0.15, 0.2) is 0 Å². The molecule has 2 atom stereocenters. The van der Waals surface area contributed by atoms with Gasteiger partial charge in [0.2, 0.25) is 0 Å². The molecule has 3 heterocycles. The normalized spacial score (nSPS) is 26.3. The monoisotopic (exact) mass is 467 g/mol. The second-order valence-corrected chi connectivity index (χ2v) is 10.7. The van der Waals surface area contributed by atoms with E-state index in [1.54, 1.807) is 7.11 Å². The smallest absolute Gasteiger partial charge is 0.0986 e. The van der Waals surface area contributed by atoms with Gasteiger partial charge in [-0.05, 0) is 88.9 Å². The summed E-state index contributed by atoms with van der Waals surface area (Å²) in [6.07, 6.45) is 13.9. The standard InChI is InChI=1S/C11H23N.C9H19NO.C9H19N/c1-4-10-7-8-11(5-2)12(6-3)9-10;1-3-9-4-6-10(7-5-9)8-11-2;1-3-9-5-7-10(4-2)8-6-9/h10-11H,4-9H2,1-3H3;9H,3-8H2,1-2H3;9H,3-8H2,1-2H3. The van der Waals surface area contributed by atoms with Gasteiger partial charge in [-0.1, -0.05) is 60.8 Å². The Morgan fingerprint density at radius 3 is 1.48 bits per heavy atom. The quantitative estimate of drug-likeness (QED) is 0.393. The summed E-state index contributed by atoms with van der Waals surface area (Å²) >= 11 is 0. The highest BCUT2D eigenvalue weighted by atomic mass is 16.5. The summed E-state index contributed by atoms with van der Waals surface area (Å²) in [5.74, 6) is 2.98. The molecule has 0 saturated carbocycles. The lowest BCUT2D eigenvalue weighted by Crippen LogP contribution is -2.42. The van der Waals surface area contributed by atoms with Gasteiger partial charge in [-0.3, -0.25) is 4.90 Å². The van der Waals surface area contributed by atoms with Gasteiger partial charge in [0.05, 0.1) is 6.73 Å². The molecule has 3 rings (SSSR count). The number of hydrogen-bond acceptors (Lipinski definition) is 4. The zero-order chi connectivity index (χ0) is 24.5. The van der Waals surface area contributed by atoms with Crippen molar-refractivity contribution in [2.45, 2.75) is 112 Å². The molecule has 4 heteroatoms. The van der Waals surface area contributed by atoms with Crippen LogP contribution < -0.4 is 0 Å². The van der Waals surface area contributed by atoms with E-state index in [0.717, 1.165) is 30.5 Å². The maximum atomic E-state index is 5.08. The van der Waals surface area contributed by atoms with Crippen molar-refractivity contribution in [1.29, 1.82) is 0 Å². The predicted octanol–water partition coefficient (Wildman–Crippen LogP) is 6.75. The third-order valence-corrected chi connectivity index (χ3v) is 8.70. The zero-order valence-corrected chi connectivity index (χ0v) is 23.8. The van der Waals surface area contributed by atoms with E-state index in [1.165, 1.54) is 110 Å². The first kappa shape index (κ1) is 30.9. The van der Waals surface area contributed by atoms with Crippen LogP contribution in [-0.4, -0.2) is 80.4 Å². The van der Waals surface area contributed by atoms with Crippen LogP contribution in [0.2, 0.25) is 0 Å². The Labute approximate surface area is 208 Å². The molecule has 3 saturated heterocycles. The predicted molar refractivity (Wildman–Crippen MR) is 146 cm³/mol. The van der Waals surface area contributed by atoms with E-state index in [2.05, 4.69) is 56.2 Å². The summed E-state index contributed by atoms with van der Waals surface area (Å²) in [5, 5.41) is 0. The van der Waals surface area contributed by atoms with Crippen LogP contribution in [0.25, 0.3) is 0 Å². The summed E-state index contributed by atoms with van der Waals surface area (Å²) in [6, 6.07) is 0.887. The molecule has 3 aliphatic rings. The van der Waals surface area contributed by atoms with Crippen molar-refractivity contribution in [1.82, 2.24) is 14.7 Å². The number of rotatable bonds is 8. The van der Waals surface area contributed by atoms with Crippen LogP contribution in [0.3, 0.4) is 0 Å². The summed E-state index contributed by atoms with van der Waals surface area (Å²) < 4.78 is 5.08. The molecule has 3 aliphatic heterocycles. The third kappa shape index (κ3) is 12.4. The van der Waals surface area contributed by atoms with Gasteiger partial charge in [-0.25, -0.2) is 0 Å². The molecule has 4 nitrogen and oxygen atoms in total. The Kier molecular flexibility index (Phi) is 17.8. The fourth-order valence-corrected chi connectivity index (χ4v) is 5.78. The number of methoxy groups -OCH3 is 1. The highest BCUT2D eigenvalue weighted by Crippen LogP contribution is 2.25. The molecule has 0 radical (unpaired) electrons. The van der Waals surface area contributed by atoms with E-state index in [1.807, 2.05) is 0 Å². The topological polar surface area (TPSA) is 19.0 Å². The van der Waals surface area contributed by atoms with Crippen LogP contribution in [0, 0.1) is 17.8 Å². The van der Waals surface area contributed by atoms with E-state index >= 15 is 0 Å². The first-order valence-corrected chi connectivity index (χ1v) is 14.7. The summed E-state index contributed by atoms with van der Waals surface area (Å²) in [4.78, 5) is 7.59. The summed E-state index contributed by atoms with van der Waals surface area (Å²) in [5.41, 5.74) is 0. The molecule has 0 aliphatic carbocycles. The highest BCUT2D eigenvalue weighted by Gasteiger charge is 2.24. The van der Waals surface area contributed by atoms with Gasteiger partial charge in [-0.15, -0.1) is 0 Å². The van der Waals surface area contributed by atoms with Crippen molar-refractivity contribution in [2.24, 2.45) is 17.8 Å². The van der Waals surface area contributed by atoms with Crippen molar-refractivity contribution >= 4 is 0 Å². The molecular formula is C29H61N3O. The fraction of sp³-hybridized carbons (Fsp3) is 1.00. The van der Waals surface area contributed by atoms with Gasteiger partial charge < -0.3 is 14.5 Å². The van der Waals surface area contributed by atoms with Crippen molar-refractivity contribution in [3.05, 3.63) is 0 Å². The molecule has 3 fully saturated rings. The maximum Gasteiger partial charge on any atom is 0.0986 e. The van der Waals surface area contributed by atoms with Crippen molar-refractivity contribution in [3.8, 4) is 0 Å². The van der Waals surface area contributed by atoms with Gasteiger partial charge in [0, 0.05) is 32.8 Å². The number of nitrogens with zero attached hydrogens (tertiary/aromatic N) is 3. The molecule has 0 aromatic heterocycles. The van der Waals surface area contributed by atoms with Crippen LogP contribution in [0.5, 0.6) is 0 Å². The number of likely N-dealkylation sites (tertiary alicyclic amines) is 3. The molecule has 0 aromatic carbocycles. The van der Waals surface area contributed by atoms with Gasteiger partial charge in [0.1, 0.15) is 0 Å². The van der Waals surface area contributed by atoms with E-state index in [-0.39, 0.29) is 0 Å². The lowest BCUT2D eigenvalue weighted by atomic mass is 9.90. The maximum absolute atomic E-state index is 5.08. The Balaban J connectivity index is 0.000000249. The van der Waals surface area contributed by atoms with Crippen molar-refractivity contribution < 1.29 is 4.74 Å². The largest absolute Gasteiger partial charge is 0.369 e. The molecule has 0 aromatic rings. The summed E-state index contributed by atoms with van der Waals surface area (Å²) in [6.45, 7) is 23.6. The van der Waals surface area contributed by atoms with Crippen LogP contribution in [0.4, 0.5) is 0 Å². The second kappa shape index (κ2) is 19.1. The van der Waals surface area contributed by atoms with Crippen molar-refractivity contribution in [2.75, 3.05) is 59.7 Å². The number of piperidine rings is 3. The second-order valence-electron chi connectivity index (χ2n) is 10.7. The molecule has 0 N–H and O–H groups in total. The molecule has 198 valence electrons. The average molecular weight is 468 g/mol. The van der Waals surface area contributed by atoms with E-state index in [9.17, 15) is 0 Å². The Hall–Kier alpha value is -0.160. The molecule has 0 bridgehead atoms. The first-order chi connectivity index (χ1) is 16.0. The van der Waals surface area contributed by atoms with Crippen LogP contribution in [0.1, 0.15) is 106 Å². The zero-order valence-electron chi connectivity index (χ0n) is 23.8. The number of ether oxygens (including phenoxy) is 1. The minimum atomic E-state index is 0.816. The Morgan fingerprint density at radius 1 is 0.576 bits per heavy atom. The molecule has 2 unspecified atom stereocenters. The van der Waals surface area contributed by atoms with E-state index in [4.69, 9.17) is 4.74 Å². The molecular weight excluding hydrogens is 406 g/mol. The van der Waals surface area contributed by atoms with Crippen LogP contribution in [0.15, 0.2) is 0 Å². The van der Waals surface area contributed by atoms with Gasteiger partial charge >= 0.3 is 0 Å². The van der Waals surface area contributed by atoms with Gasteiger partial charge in [0.25, 0.3) is 0 Å². The third-order valence-electron chi connectivity index (χ3n) is 8.70. The van der Waals surface area contributed by atoms with E-state index < -0.39 is 0 Å². The van der Waals surface area contributed by atoms with E-state index in [0.29, 0.717) is 0 Å². The van der Waals surface area contributed by atoms with Crippen molar-refractivity contribution in [3.63, 3.8) is 0 Å². The lowest BCUT2D eigenvalue weighted by molar-refractivity contribution is 0.0390. The fourth-order valence-electron chi connectivity index (χ4n) is 5.78. The average Bonchev–Trinajstić information content (AvgIpc) is 2.89. The Bertz CT molecular complexity index is 419. The molecule has 0 amide bonds. The SMILES string of the molecule is CCC1CCC(CC)N(CC)C1.CCC1CCN(CC)CC1.CCC1CCN(COC)CC1. The summed E-state index contributed by atoms with van der Waals surface area (Å²) in [7, 11) is 1.77. The van der Waals surface area contributed by atoms with Crippen LogP contribution in [-0.2, 0) is 4.74 Å². The Morgan fingerprint density at radius 2 is 1.09 bits per heavy atom. The number of hydrogen-bond donors (Lipinski definition) is 0. The lowest BCUT2D eigenvalue weighted by Gasteiger charge is -2.38. The molecule has 0 spiro atoms. The molecule has 33 heavy (non-hydrogen) atoms. The van der Waals surface area contributed by atoms with Gasteiger partial charge in [-0.2, -0.15) is 0 Å². The minimum absolute atomic E-state index is 0.816. The first-order valence-electron chi connectivity index (χ1n) is 14.7. The highest BCUT2D eigenvalue weighted by molar-refractivity contribution is 4.79.